The summed E-state index contributed by atoms with van der Waals surface area (Å²) in [6, 6.07) is 14.3. The highest BCUT2D eigenvalue weighted by atomic mass is 16.5. The molecular formula is C17H16N2O4. The van der Waals surface area contributed by atoms with E-state index in [1.54, 1.807) is 18.2 Å². The molecule has 1 aliphatic heterocycles. The molecule has 2 aromatic rings. The fourth-order valence-electron chi connectivity index (χ4n) is 2.60. The maximum absolute atomic E-state index is 12.6. The second-order valence-corrected chi connectivity index (χ2v) is 5.34. The quantitative estimate of drug-likeness (QED) is 0.838. The Kier molecular flexibility index (Phi) is 3.89. The normalized spacial score (nSPS) is 16.6. The van der Waals surface area contributed by atoms with E-state index in [2.05, 4.69) is 0 Å². The van der Waals surface area contributed by atoms with Crippen molar-refractivity contribution in [2.24, 2.45) is 0 Å². The highest BCUT2D eigenvalue weighted by Gasteiger charge is 2.35. The number of carbonyl (C=O) groups excluding carboxylic acids is 1. The summed E-state index contributed by atoms with van der Waals surface area (Å²) in [7, 11) is 0. The lowest BCUT2D eigenvalue weighted by atomic mass is 10.0. The SMILES string of the molecule is Nc1ccc2c(c1)OC(Cc1ccccc1)C(=O)N2CC(=O)O. The summed E-state index contributed by atoms with van der Waals surface area (Å²) in [5.41, 5.74) is 7.62. The molecule has 0 aliphatic carbocycles. The van der Waals surface area contributed by atoms with Crippen molar-refractivity contribution in [3.8, 4) is 5.75 Å². The van der Waals surface area contributed by atoms with E-state index in [4.69, 9.17) is 15.6 Å². The van der Waals surface area contributed by atoms with Crippen molar-refractivity contribution in [1.29, 1.82) is 0 Å². The lowest BCUT2D eigenvalue weighted by Gasteiger charge is -2.33. The number of benzene rings is 2. The third kappa shape index (κ3) is 3.11. The highest BCUT2D eigenvalue weighted by molar-refractivity contribution is 6.03. The van der Waals surface area contributed by atoms with Crippen molar-refractivity contribution in [1.82, 2.24) is 0 Å². The predicted molar refractivity (Wildman–Crippen MR) is 85.4 cm³/mol. The maximum Gasteiger partial charge on any atom is 0.323 e. The van der Waals surface area contributed by atoms with Gasteiger partial charge in [-0.1, -0.05) is 30.3 Å². The molecule has 2 aromatic carbocycles. The summed E-state index contributed by atoms with van der Waals surface area (Å²) in [6.45, 7) is -0.412. The Morgan fingerprint density at radius 1 is 1.22 bits per heavy atom. The van der Waals surface area contributed by atoms with Crippen LogP contribution in [0.5, 0.6) is 5.75 Å². The number of nitrogens with zero attached hydrogens (tertiary/aromatic N) is 1. The van der Waals surface area contributed by atoms with Crippen LogP contribution in [-0.2, 0) is 16.0 Å². The van der Waals surface area contributed by atoms with E-state index in [-0.39, 0.29) is 5.91 Å². The molecule has 23 heavy (non-hydrogen) atoms. The molecule has 1 aliphatic rings. The number of nitrogens with two attached hydrogens (primary N) is 1. The zero-order chi connectivity index (χ0) is 16.4. The summed E-state index contributed by atoms with van der Waals surface area (Å²) in [6.07, 6.45) is -0.407. The van der Waals surface area contributed by atoms with Crippen LogP contribution in [-0.4, -0.2) is 29.6 Å². The molecule has 0 bridgehead atoms. The van der Waals surface area contributed by atoms with E-state index in [1.807, 2.05) is 30.3 Å². The Labute approximate surface area is 133 Å². The van der Waals surface area contributed by atoms with E-state index in [0.29, 0.717) is 23.5 Å². The molecule has 0 saturated heterocycles. The van der Waals surface area contributed by atoms with Gasteiger partial charge in [0.05, 0.1) is 5.69 Å². The number of aliphatic carboxylic acids is 1. The van der Waals surface area contributed by atoms with Gasteiger partial charge >= 0.3 is 5.97 Å². The maximum atomic E-state index is 12.6. The number of hydrogen-bond donors (Lipinski definition) is 2. The molecule has 0 saturated carbocycles. The molecule has 118 valence electrons. The molecule has 3 N–H and O–H groups in total. The van der Waals surface area contributed by atoms with Crippen LogP contribution in [0.4, 0.5) is 11.4 Å². The molecule has 1 unspecified atom stereocenters. The standard InChI is InChI=1S/C17H16N2O4/c18-12-6-7-13-14(9-12)23-15(8-11-4-2-1-3-5-11)17(22)19(13)10-16(20)21/h1-7,9,15H,8,10,18H2,(H,20,21). The van der Waals surface area contributed by atoms with Gasteiger partial charge in [-0.3, -0.25) is 14.5 Å². The van der Waals surface area contributed by atoms with Gasteiger partial charge < -0.3 is 15.6 Å². The predicted octanol–water partition coefficient (Wildman–Crippen LogP) is 1.69. The average Bonchev–Trinajstić information content (AvgIpc) is 2.52. The molecule has 1 amide bonds. The average molecular weight is 312 g/mol. The van der Waals surface area contributed by atoms with Crippen LogP contribution in [0.3, 0.4) is 0 Å². The number of amides is 1. The first kappa shape index (κ1) is 14.9. The zero-order valence-electron chi connectivity index (χ0n) is 12.3. The summed E-state index contributed by atoms with van der Waals surface area (Å²) in [5.74, 6) is -1.03. The molecule has 0 spiro atoms. The van der Waals surface area contributed by atoms with Crippen LogP contribution >= 0.6 is 0 Å². The number of rotatable bonds is 4. The van der Waals surface area contributed by atoms with Gasteiger partial charge in [0.25, 0.3) is 5.91 Å². The lowest BCUT2D eigenvalue weighted by Crippen LogP contribution is -2.48. The van der Waals surface area contributed by atoms with Crippen molar-refractivity contribution in [2.75, 3.05) is 17.2 Å². The Morgan fingerprint density at radius 2 is 1.96 bits per heavy atom. The zero-order valence-corrected chi connectivity index (χ0v) is 12.3. The third-order valence-corrected chi connectivity index (χ3v) is 3.64. The van der Waals surface area contributed by atoms with Crippen LogP contribution in [0.25, 0.3) is 0 Å². The molecular weight excluding hydrogens is 296 g/mol. The second-order valence-electron chi connectivity index (χ2n) is 5.34. The van der Waals surface area contributed by atoms with E-state index in [0.717, 1.165) is 5.56 Å². The van der Waals surface area contributed by atoms with Crippen molar-refractivity contribution < 1.29 is 19.4 Å². The van der Waals surface area contributed by atoms with Gasteiger partial charge in [0.2, 0.25) is 0 Å². The van der Waals surface area contributed by atoms with Crippen molar-refractivity contribution in [3.05, 3.63) is 54.1 Å². The van der Waals surface area contributed by atoms with E-state index in [9.17, 15) is 9.59 Å². The van der Waals surface area contributed by atoms with E-state index in [1.165, 1.54) is 4.90 Å². The molecule has 1 heterocycles. The first-order chi connectivity index (χ1) is 11.0. The Bertz CT molecular complexity index is 746. The smallest absolute Gasteiger partial charge is 0.323 e. The van der Waals surface area contributed by atoms with Gasteiger partial charge in [0.15, 0.2) is 6.10 Å². The number of carbonyl (C=O) groups is 2. The van der Waals surface area contributed by atoms with Crippen molar-refractivity contribution in [3.63, 3.8) is 0 Å². The molecule has 1 atom stereocenters. The van der Waals surface area contributed by atoms with Gasteiger partial charge in [-0.2, -0.15) is 0 Å². The fourth-order valence-corrected chi connectivity index (χ4v) is 2.60. The Balaban J connectivity index is 1.94. The Hall–Kier alpha value is -3.02. The Morgan fingerprint density at radius 3 is 2.65 bits per heavy atom. The summed E-state index contributed by atoms with van der Waals surface area (Å²) in [4.78, 5) is 24.9. The molecule has 3 rings (SSSR count). The summed E-state index contributed by atoms with van der Waals surface area (Å²) >= 11 is 0. The van der Waals surface area contributed by atoms with Crippen LogP contribution in [0.15, 0.2) is 48.5 Å². The number of hydrogen-bond acceptors (Lipinski definition) is 4. The van der Waals surface area contributed by atoms with Crippen molar-refractivity contribution >= 4 is 23.3 Å². The molecule has 6 heteroatoms. The third-order valence-electron chi connectivity index (χ3n) is 3.64. The van der Waals surface area contributed by atoms with Crippen LogP contribution in [0, 0.1) is 0 Å². The summed E-state index contributed by atoms with van der Waals surface area (Å²) < 4.78 is 5.78. The molecule has 6 nitrogen and oxygen atoms in total. The van der Waals surface area contributed by atoms with Gasteiger partial charge in [-0.05, 0) is 17.7 Å². The topological polar surface area (TPSA) is 92.9 Å². The van der Waals surface area contributed by atoms with Crippen molar-refractivity contribution in [2.45, 2.75) is 12.5 Å². The van der Waals surface area contributed by atoms with Crippen LogP contribution in [0.2, 0.25) is 0 Å². The van der Waals surface area contributed by atoms with E-state index < -0.39 is 18.6 Å². The molecule has 0 aromatic heterocycles. The number of anilines is 2. The molecule has 0 fully saturated rings. The minimum atomic E-state index is -1.08. The second kappa shape index (κ2) is 6.00. The number of carboxylic acids is 1. The van der Waals surface area contributed by atoms with Gasteiger partial charge in [-0.25, -0.2) is 0 Å². The monoisotopic (exact) mass is 312 g/mol. The summed E-state index contributed by atoms with van der Waals surface area (Å²) in [5, 5.41) is 9.08. The number of ether oxygens (including phenoxy) is 1. The first-order valence-electron chi connectivity index (χ1n) is 7.18. The number of nitrogen functional groups attached to an aromatic ring is 1. The van der Waals surface area contributed by atoms with Gasteiger partial charge in [-0.15, -0.1) is 0 Å². The minimum Gasteiger partial charge on any atom is -0.480 e. The molecule has 0 radical (unpaired) electrons. The number of fused-ring (bicyclic) bond motifs is 1. The van der Waals surface area contributed by atoms with Gasteiger partial charge in [0, 0.05) is 18.2 Å². The first-order valence-corrected chi connectivity index (χ1v) is 7.18. The van der Waals surface area contributed by atoms with Gasteiger partial charge in [0.1, 0.15) is 12.3 Å². The highest BCUT2D eigenvalue weighted by Crippen LogP contribution is 2.36. The van der Waals surface area contributed by atoms with E-state index >= 15 is 0 Å². The lowest BCUT2D eigenvalue weighted by molar-refractivity contribution is -0.137. The number of carboxylic acid groups (broad SMARTS) is 1. The minimum absolute atomic E-state index is 0.365. The van der Waals surface area contributed by atoms with Crippen LogP contribution in [0.1, 0.15) is 5.56 Å². The fraction of sp³-hybridized carbons (Fsp3) is 0.176. The largest absolute Gasteiger partial charge is 0.480 e. The van der Waals surface area contributed by atoms with Crippen LogP contribution < -0.4 is 15.4 Å².